The molecular formula is C21H21F2N5O4S. The molecule has 0 radical (unpaired) electrons. The van der Waals surface area contributed by atoms with Crippen LogP contribution in [-0.2, 0) is 4.74 Å². The molecule has 174 valence electrons. The van der Waals surface area contributed by atoms with Crippen molar-refractivity contribution in [3.8, 4) is 0 Å². The van der Waals surface area contributed by atoms with E-state index in [0.29, 0.717) is 12.1 Å². The highest BCUT2D eigenvalue weighted by molar-refractivity contribution is 7.18. The lowest BCUT2D eigenvalue weighted by Crippen LogP contribution is -2.16. The number of carbonyl (C=O) groups is 3. The second kappa shape index (κ2) is 8.85. The molecule has 12 heteroatoms. The first kappa shape index (κ1) is 22.8. The topological polar surface area (TPSA) is 129 Å². The second-order valence-electron chi connectivity index (χ2n) is 7.70. The molecule has 1 aliphatic carbocycles. The quantitative estimate of drug-likeness (QED) is 0.475. The maximum absolute atomic E-state index is 13.6. The van der Waals surface area contributed by atoms with Crippen molar-refractivity contribution >= 4 is 39.8 Å². The summed E-state index contributed by atoms with van der Waals surface area (Å²) in [6.45, 7) is 3.51. The third-order valence-corrected chi connectivity index (χ3v) is 6.39. The molecule has 0 atom stereocenters. The zero-order valence-corrected chi connectivity index (χ0v) is 18.7. The number of ether oxygens (including phenoxy) is 1. The molecule has 0 unspecified atom stereocenters. The molecule has 2 amide bonds. The largest absolute Gasteiger partial charge is 0.462 e. The van der Waals surface area contributed by atoms with E-state index >= 15 is 0 Å². The fraction of sp³-hybridized carbons (Fsp3) is 0.381. The molecule has 0 saturated heterocycles. The van der Waals surface area contributed by atoms with Crippen LogP contribution >= 0.6 is 11.3 Å². The predicted molar refractivity (Wildman–Crippen MR) is 116 cm³/mol. The molecule has 3 N–H and O–H groups in total. The van der Waals surface area contributed by atoms with E-state index in [2.05, 4.69) is 15.4 Å². The van der Waals surface area contributed by atoms with Crippen molar-refractivity contribution in [2.45, 2.75) is 45.5 Å². The standard InChI is InChI=1S/C21H21F2N5O4S/c1-3-6-32-21(31)15-9(2)16(18(24)29)33-20(15)26-19(30)12-8-14-25-11(10-4-5-10)7-13(17(22)23)28(14)27-12/h7-8,10,17H,3-6H2,1-2H3,(H2,24,29)(H,26,30). The molecule has 9 nitrogen and oxygen atoms in total. The number of hydrogen-bond donors (Lipinski definition) is 2. The minimum atomic E-state index is -2.80. The van der Waals surface area contributed by atoms with Gasteiger partial charge in [-0.3, -0.25) is 9.59 Å². The lowest BCUT2D eigenvalue weighted by molar-refractivity contribution is 0.0506. The number of hydrogen-bond acceptors (Lipinski definition) is 7. The van der Waals surface area contributed by atoms with Crippen LogP contribution in [0.4, 0.5) is 13.8 Å². The number of rotatable bonds is 8. The Balaban J connectivity index is 1.69. The zero-order chi connectivity index (χ0) is 23.9. The molecule has 1 aliphatic rings. The first-order chi connectivity index (χ1) is 15.7. The Kier molecular flexibility index (Phi) is 6.11. The average molecular weight is 477 g/mol. The molecular weight excluding hydrogens is 456 g/mol. The summed E-state index contributed by atoms with van der Waals surface area (Å²) in [5, 5.41) is 6.60. The molecule has 4 rings (SSSR count). The third-order valence-electron chi connectivity index (χ3n) is 5.17. The zero-order valence-electron chi connectivity index (χ0n) is 17.9. The number of nitrogens with two attached hydrogens (primary N) is 1. The Morgan fingerprint density at radius 3 is 2.67 bits per heavy atom. The SMILES string of the molecule is CCCOC(=O)c1c(NC(=O)c2cc3nc(C4CC4)cc(C(F)F)n3n2)sc(C(N)=O)c1C. The lowest BCUT2D eigenvalue weighted by Gasteiger charge is -2.07. The number of fused-ring (bicyclic) bond motifs is 1. The van der Waals surface area contributed by atoms with Crippen molar-refractivity contribution < 1.29 is 27.9 Å². The Labute approximate surface area is 190 Å². The van der Waals surface area contributed by atoms with Crippen LogP contribution in [0, 0.1) is 6.92 Å². The van der Waals surface area contributed by atoms with Gasteiger partial charge >= 0.3 is 5.97 Å². The summed E-state index contributed by atoms with van der Waals surface area (Å²) in [6, 6.07) is 2.62. The van der Waals surface area contributed by atoms with Gasteiger partial charge in [-0.15, -0.1) is 11.3 Å². The van der Waals surface area contributed by atoms with Gasteiger partial charge < -0.3 is 15.8 Å². The minimum absolute atomic E-state index is 0.0155. The van der Waals surface area contributed by atoms with E-state index in [1.165, 1.54) is 19.1 Å². The van der Waals surface area contributed by atoms with Gasteiger partial charge in [0.05, 0.1) is 17.0 Å². The first-order valence-corrected chi connectivity index (χ1v) is 11.1. The lowest BCUT2D eigenvalue weighted by atomic mass is 10.1. The van der Waals surface area contributed by atoms with Gasteiger partial charge in [0, 0.05) is 17.7 Å². The van der Waals surface area contributed by atoms with Gasteiger partial charge in [0.1, 0.15) is 10.7 Å². The third kappa shape index (κ3) is 4.42. The molecule has 3 heterocycles. The van der Waals surface area contributed by atoms with Crippen LogP contribution in [0.15, 0.2) is 12.1 Å². The van der Waals surface area contributed by atoms with Gasteiger partial charge in [-0.25, -0.2) is 23.1 Å². The number of carbonyl (C=O) groups excluding carboxylic acids is 3. The van der Waals surface area contributed by atoms with Crippen LogP contribution in [0.25, 0.3) is 5.65 Å². The van der Waals surface area contributed by atoms with Crippen molar-refractivity contribution in [2.24, 2.45) is 5.73 Å². The fourth-order valence-electron chi connectivity index (χ4n) is 3.39. The molecule has 0 spiro atoms. The van der Waals surface area contributed by atoms with Crippen molar-refractivity contribution in [1.82, 2.24) is 14.6 Å². The van der Waals surface area contributed by atoms with Crippen LogP contribution in [0.5, 0.6) is 0 Å². The number of primary amides is 1. The number of halogens is 2. The van der Waals surface area contributed by atoms with E-state index in [4.69, 9.17) is 10.5 Å². The van der Waals surface area contributed by atoms with Gasteiger partial charge in [0.2, 0.25) is 0 Å². The summed E-state index contributed by atoms with van der Waals surface area (Å²) < 4.78 is 33.3. The highest BCUT2D eigenvalue weighted by Gasteiger charge is 2.29. The van der Waals surface area contributed by atoms with Crippen molar-refractivity contribution in [3.05, 3.63) is 45.2 Å². The summed E-state index contributed by atoms with van der Waals surface area (Å²) in [7, 11) is 0. The van der Waals surface area contributed by atoms with Crippen molar-refractivity contribution in [2.75, 3.05) is 11.9 Å². The smallest absolute Gasteiger partial charge is 0.341 e. The average Bonchev–Trinajstić information content (AvgIpc) is 3.44. The number of alkyl halides is 2. The summed E-state index contributed by atoms with van der Waals surface area (Å²) in [6.07, 6.45) is -0.459. The molecule has 3 aromatic heterocycles. The molecule has 3 aromatic rings. The highest BCUT2D eigenvalue weighted by atomic mass is 32.1. The Hall–Kier alpha value is -3.41. The number of nitrogens with zero attached hydrogens (tertiary/aromatic N) is 3. The maximum atomic E-state index is 13.6. The van der Waals surface area contributed by atoms with Gasteiger partial charge in [-0.05, 0) is 37.8 Å². The number of esters is 1. The van der Waals surface area contributed by atoms with Crippen LogP contribution < -0.4 is 11.1 Å². The number of amides is 2. The van der Waals surface area contributed by atoms with Gasteiger partial charge in [-0.2, -0.15) is 5.10 Å². The van der Waals surface area contributed by atoms with Crippen molar-refractivity contribution in [1.29, 1.82) is 0 Å². The first-order valence-electron chi connectivity index (χ1n) is 10.3. The summed E-state index contributed by atoms with van der Waals surface area (Å²) in [4.78, 5) is 41.7. The maximum Gasteiger partial charge on any atom is 0.341 e. The second-order valence-corrected chi connectivity index (χ2v) is 8.72. The van der Waals surface area contributed by atoms with Crippen LogP contribution in [0.1, 0.15) is 86.0 Å². The van der Waals surface area contributed by atoms with E-state index < -0.39 is 24.2 Å². The van der Waals surface area contributed by atoms with Gasteiger partial charge in [-0.1, -0.05) is 6.92 Å². The van der Waals surface area contributed by atoms with Crippen LogP contribution in [-0.4, -0.2) is 39.0 Å². The molecule has 0 bridgehead atoms. The molecule has 1 fully saturated rings. The van der Waals surface area contributed by atoms with E-state index in [1.54, 1.807) is 0 Å². The Morgan fingerprint density at radius 2 is 2.06 bits per heavy atom. The van der Waals surface area contributed by atoms with Crippen LogP contribution in [0.2, 0.25) is 0 Å². The summed E-state index contributed by atoms with van der Waals surface area (Å²) >= 11 is 0.831. The number of aromatic nitrogens is 3. The van der Waals surface area contributed by atoms with Crippen molar-refractivity contribution in [3.63, 3.8) is 0 Å². The summed E-state index contributed by atoms with van der Waals surface area (Å²) in [5.74, 6) is -2.08. The molecule has 0 aliphatic heterocycles. The Bertz CT molecular complexity index is 1270. The van der Waals surface area contributed by atoms with Crippen LogP contribution in [0.3, 0.4) is 0 Å². The molecule has 1 saturated carbocycles. The highest BCUT2D eigenvalue weighted by Crippen LogP contribution is 2.40. The van der Waals surface area contributed by atoms with E-state index in [9.17, 15) is 23.2 Å². The number of anilines is 1. The predicted octanol–water partition coefficient (Wildman–Crippen LogP) is 3.83. The minimum Gasteiger partial charge on any atom is -0.462 e. The molecule has 0 aromatic carbocycles. The Morgan fingerprint density at radius 1 is 1.33 bits per heavy atom. The van der Waals surface area contributed by atoms with Gasteiger partial charge in [0.25, 0.3) is 18.2 Å². The van der Waals surface area contributed by atoms with E-state index in [-0.39, 0.29) is 50.6 Å². The van der Waals surface area contributed by atoms with E-state index in [0.717, 1.165) is 28.7 Å². The summed E-state index contributed by atoms with van der Waals surface area (Å²) in [5.41, 5.74) is 5.84. The number of thiophene rings is 1. The normalized spacial score (nSPS) is 13.5. The van der Waals surface area contributed by atoms with Gasteiger partial charge in [0.15, 0.2) is 11.3 Å². The monoisotopic (exact) mass is 477 g/mol. The van der Waals surface area contributed by atoms with E-state index in [1.807, 2.05) is 6.92 Å². The fourth-order valence-corrected chi connectivity index (χ4v) is 4.43. The number of nitrogens with one attached hydrogen (secondary N) is 1. The molecule has 33 heavy (non-hydrogen) atoms.